The molecule has 36 heavy (non-hydrogen) atoms. The highest BCUT2D eigenvalue weighted by Crippen LogP contribution is 2.43. The van der Waals surface area contributed by atoms with Crippen molar-refractivity contribution in [2.24, 2.45) is 0 Å². The zero-order chi connectivity index (χ0) is 25.2. The number of hydrogen-bond acceptors (Lipinski definition) is 3. The Morgan fingerprint density at radius 3 is 2.67 bits per heavy atom. The summed E-state index contributed by atoms with van der Waals surface area (Å²) in [7, 11) is 0. The smallest absolute Gasteiger partial charge is 0.224 e. The summed E-state index contributed by atoms with van der Waals surface area (Å²) in [5.74, 6) is -0.0170. The summed E-state index contributed by atoms with van der Waals surface area (Å²) < 4.78 is 2.14. The van der Waals surface area contributed by atoms with Gasteiger partial charge in [-0.1, -0.05) is 30.7 Å². The average molecular weight is 516 g/mol. The molecule has 4 aromatic rings. The van der Waals surface area contributed by atoms with Crippen LogP contribution in [0.1, 0.15) is 42.4 Å². The van der Waals surface area contributed by atoms with E-state index in [0.717, 1.165) is 34.0 Å². The van der Waals surface area contributed by atoms with Gasteiger partial charge in [0.2, 0.25) is 5.91 Å². The maximum absolute atomic E-state index is 12.0. The summed E-state index contributed by atoms with van der Waals surface area (Å²) in [5.41, 5.74) is 5.60. The Balaban J connectivity index is 1.62. The molecule has 6 nitrogen and oxygen atoms in total. The summed E-state index contributed by atoms with van der Waals surface area (Å²) in [5, 5.41) is 7.76. The molecule has 3 heterocycles. The van der Waals surface area contributed by atoms with Gasteiger partial charge in [-0.2, -0.15) is 0 Å². The third-order valence-corrected chi connectivity index (χ3v) is 6.90. The van der Waals surface area contributed by atoms with Gasteiger partial charge in [0.25, 0.3) is 0 Å². The fourth-order valence-corrected chi connectivity index (χ4v) is 5.14. The zero-order valence-corrected chi connectivity index (χ0v) is 21.6. The van der Waals surface area contributed by atoms with Gasteiger partial charge in [-0.05, 0) is 85.4 Å². The molecule has 8 heteroatoms. The summed E-state index contributed by atoms with van der Waals surface area (Å²) in [4.78, 5) is 18.7. The van der Waals surface area contributed by atoms with Crippen LogP contribution in [-0.2, 0) is 4.79 Å². The van der Waals surface area contributed by atoms with Gasteiger partial charge in [-0.3, -0.25) is 9.78 Å². The fraction of sp³-hybridized carbons (Fsp3) is 0.179. The summed E-state index contributed by atoms with van der Waals surface area (Å²) in [6.07, 6.45) is 4.26. The number of aromatic nitrogens is 2. The molecule has 2 N–H and O–H groups in total. The lowest BCUT2D eigenvalue weighted by molar-refractivity contribution is -0.115. The molecule has 0 aliphatic carbocycles. The molecule has 1 aliphatic heterocycles. The Morgan fingerprint density at radius 2 is 1.94 bits per heavy atom. The Morgan fingerprint density at radius 1 is 1.08 bits per heavy atom. The van der Waals surface area contributed by atoms with Gasteiger partial charge in [0.1, 0.15) is 6.04 Å². The Labute approximate surface area is 220 Å². The predicted octanol–water partition coefficient (Wildman–Crippen LogP) is 6.36. The van der Waals surface area contributed by atoms with Crippen LogP contribution in [0.3, 0.4) is 0 Å². The summed E-state index contributed by atoms with van der Waals surface area (Å²) >= 11 is 12.2. The van der Waals surface area contributed by atoms with Crippen molar-refractivity contribution in [2.75, 3.05) is 10.2 Å². The molecule has 5 rings (SSSR count). The van der Waals surface area contributed by atoms with E-state index in [-0.39, 0.29) is 18.0 Å². The quantitative estimate of drug-likeness (QED) is 0.292. The van der Waals surface area contributed by atoms with Crippen LogP contribution in [0.25, 0.3) is 5.69 Å². The van der Waals surface area contributed by atoms with Gasteiger partial charge >= 0.3 is 0 Å². The molecule has 2 aromatic heterocycles. The number of pyridine rings is 1. The minimum absolute atomic E-state index is 0.0170. The molecule has 182 valence electrons. The monoisotopic (exact) mass is 515 g/mol. The highest BCUT2D eigenvalue weighted by atomic mass is 35.5. The lowest BCUT2D eigenvalue weighted by Gasteiger charge is -2.29. The van der Waals surface area contributed by atoms with Crippen molar-refractivity contribution in [3.63, 3.8) is 0 Å². The first-order chi connectivity index (χ1) is 17.5. The normalized spacial score (nSPS) is 17.2. The van der Waals surface area contributed by atoms with E-state index in [2.05, 4.69) is 37.2 Å². The number of halogens is 1. The minimum Gasteiger partial charge on any atom is -0.351 e. The molecule has 2 aromatic carbocycles. The van der Waals surface area contributed by atoms with Gasteiger partial charge < -0.3 is 20.1 Å². The van der Waals surface area contributed by atoms with E-state index in [9.17, 15) is 4.79 Å². The second-order valence-electron chi connectivity index (χ2n) is 8.68. The van der Waals surface area contributed by atoms with E-state index in [1.165, 1.54) is 0 Å². The third kappa shape index (κ3) is 4.59. The maximum atomic E-state index is 12.0. The standard InChI is InChI=1S/C28H26ClN5OS/c1-3-25(35)31-22-13-12-21(16-18(22)2)34-27(26(32-28(34)36)23-10-4-5-14-30-23)24-11-7-15-33(24)20-9-6-8-19(29)17-20/h4-17,26-27H,3H2,1-2H3,(H,31,35)(H,32,36)/t26-,27-/m0/s1. The predicted molar refractivity (Wildman–Crippen MR) is 149 cm³/mol. The molecule has 0 spiro atoms. The number of hydrogen-bond donors (Lipinski definition) is 2. The van der Waals surface area contributed by atoms with Crippen LogP contribution < -0.4 is 15.5 Å². The van der Waals surface area contributed by atoms with Gasteiger partial charge in [0, 0.05) is 46.6 Å². The molecule has 1 saturated heterocycles. The van der Waals surface area contributed by atoms with E-state index in [1.54, 1.807) is 6.20 Å². The number of nitrogens with zero attached hydrogens (tertiary/aromatic N) is 3. The van der Waals surface area contributed by atoms with Gasteiger partial charge in [0.15, 0.2) is 5.11 Å². The second kappa shape index (κ2) is 10.1. The van der Waals surface area contributed by atoms with Gasteiger partial charge in [-0.25, -0.2) is 0 Å². The van der Waals surface area contributed by atoms with Crippen molar-refractivity contribution in [3.8, 4) is 5.69 Å². The first-order valence-corrected chi connectivity index (χ1v) is 12.6. The maximum Gasteiger partial charge on any atom is 0.224 e. The van der Waals surface area contributed by atoms with Crippen LogP contribution in [0.15, 0.2) is 85.2 Å². The van der Waals surface area contributed by atoms with Crippen molar-refractivity contribution < 1.29 is 4.79 Å². The molecule has 1 amide bonds. The number of rotatable bonds is 6. The van der Waals surface area contributed by atoms with Crippen molar-refractivity contribution in [1.82, 2.24) is 14.9 Å². The third-order valence-electron chi connectivity index (χ3n) is 6.35. The van der Waals surface area contributed by atoms with Crippen LogP contribution in [0, 0.1) is 6.92 Å². The van der Waals surface area contributed by atoms with E-state index in [0.29, 0.717) is 16.6 Å². The molecule has 2 atom stereocenters. The van der Waals surface area contributed by atoms with Gasteiger partial charge in [0.05, 0.1) is 11.7 Å². The van der Waals surface area contributed by atoms with Crippen LogP contribution in [0.2, 0.25) is 5.02 Å². The van der Waals surface area contributed by atoms with Crippen LogP contribution in [0.5, 0.6) is 0 Å². The second-order valence-corrected chi connectivity index (χ2v) is 9.50. The molecule has 0 radical (unpaired) electrons. The van der Waals surface area contributed by atoms with Crippen molar-refractivity contribution in [3.05, 3.63) is 107 Å². The number of carbonyl (C=O) groups is 1. The van der Waals surface area contributed by atoms with Crippen molar-refractivity contribution in [2.45, 2.75) is 32.4 Å². The van der Waals surface area contributed by atoms with E-state index < -0.39 is 0 Å². The van der Waals surface area contributed by atoms with Crippen molar-refractivity contribution in [1.29, 1.82) is 0 Å². The van der Waals surface area contributed by atoms with E-state index in [4.69, 9.17) is 23.8 Å². The number of nitrogens with one attached hydrogen (secondary N) is 2. The number of amides is 1. The minimum atomic E-state index is -0.183. The average Bonchev–Trinajstić information content (AvgIpc) is 3.50. The number of carbonyl (C=O) groups excluding carboxylic acids is 1. The number of benzene rings is 2. The SMILES string of the molecule is CCC(=O)Nc1ccc(N2C(=S)N[C@@H](c3ccccn3)[C@@H]2c2cccn2-c2cccc(Cl)c2)cc1C. The summed E-state index contributed by atoms with van der Waals surface area (Å²) in [6.45, 7) is 3.83. The molecule has 0 saturated carbocycles. The first kappa shape index (κ1) is 24.0. The Bertz CT molecular complexity index is 1420. The lowest BCUT2D eigenvalue weighted by Crippen LogP contribution is -2.30. The number of anilines is 2. The molecule has 0 bridgehead atoms. The van der Waals surface area contributed by atoms with Crippen LogP contribution >= 0.6 is 23.8 Å². The highest BCUT2D eigenvalue weighted by molar-refractivity contribution is 7.80. The lowest BCUT2D eigenvalue weighted by atomic mass is 10.00. The zero-order valence-electron chi connectivity index (χ0n) is 20.0. The fourth-order valence-electron chi connectivity index (χ4n) is 4.61. The molecule has 1 fully saturated rings. The highest BCUT2D eigenvalue weighted by Gasteiger charge is 2.42. The molecule has 0 unspecified atom stereocenters. The van der Waals surface area contributed by atoms with E-state index >= 15 is 0 Å². The molecule has 1 aliphatic rings. The van der Waals surface area contributed by atoms with Crippen LogP contribution in [0.4, 0.5) is 11.4 Å². The Kier molecular flexibility index (Phi) is 6.76. The topological polar surface area (TPSA) is 62.2 Å². The molecular weight excluding hydrogens is 490 g/mol. The van der Waals surface area contributed by atoms with Crippen LogP contribution in [-0.4, -0.2) is 20.6 Å². The van der Waals surface area contributed by atoms with E-state index in [1.807, 2.05) is 80.7 Å². The molecular formula is C28H26ClN5OS. The number of thiocarbonyl (C=S) groups is 1. The largest absolute Gasteiger partial charge is 0.351 e. The first-order valence-electron chi connectivity index (χ1n) is 11.8. The summed E-state index contributed by atoms with van der Waals surface area (Å²) in [6, 6.07) is 23.4. The van der Waals surface area contributed by atoms with Gasteiger partial charge in [-0.15, -0.1) is 0 Å². The Hall–Kier alpha value is -3.68. The van der Waals surface area contributed by atoms with Crippen molar-refractivity contribution >= 4 is 46.2 Å². The number of aryl methyl sites for hydroxylation is 1.